The lowest BCUT2D eigenvalue weighted by Crippen LogP contribution is -2.22. The molecule has 0 spiro atoms. The van der Waals surface area contributed by atoms with Crippen molar-refractivity contribution in [3.05, 3.63) is 29.5 Å². The van der Waals surface area contributed by atoms with E-state index >= 15 is 0 Å². The summed E-state index contributed by atoms with van der Waals surface area (Å²) in [6.45, 7) is 4.12. The largest absolute Gasteiger partial charge is 0.508 e. The summed E-state index contributed by atoms with van der Waals surface area (Å²) in [5.41, 5.74) is 3.23. The summed E-state index contributed by atoms with van der Waals surface area (Å²) in [5, 5.41) is 13.3. The van der Waals surface area contributed by atoms with Crippen molar-refractivity contribution < 1.29 is 9.90 Å². The average Bonchev–Trinajstić information content (AvgIpc) is 2.55. The number of aromatic nitrogens is 1. The van der Waals surface area contributed by atoms with Gasteiger partial charge < -0.3 is 15.4 Å². The summed E-state index contributed by atoms with van der Waals surface area (Å²) in [6.07, 6.45) is 0.759. The molecule has 0 aliphatic rings. The molecule has 0 aliphatic carbocycles. The van der Waals surface area contributed by atoms with Crippen molar-refractivity contribution in [1.82, 2.24) is 10.3 Å². The highest BCUT2D eigenvalue weighted by atomic mass is 16.3. The molecule has 2 aromatic rings. The highest BCUT2D eigenvalue weighted by Crippen LogP contribution is 2.25. The number of aromatic amines is 1. The van der Waals surface area contributed by atoms with Crippen LogP contribution < -0.4 is 5.32 Å². The molecule has 0 fully saturated rings. The van der Waals surface area contributed by atoms with Crippen molar-refractivity contribution in [2.75, 3.05) is 6.54 Å². The van der Waals surface area contributed by atoms with Crippen LogP contribution in [0.5, 0.6) is 5.75 Å². The molecule has 0 atom stereocenters. The van der Waals surface area contributed by atoms with E-state index in [1.54, 1.807) is 12.1 Å². The number of nitrogens with one attached hydrogen (secondary N) is 2. The number of hydrogen-bond acceptors (Lipinski definition) is 2. The first-order valence-corrected chi connectivity index (χ1v) is 5.62. The van der Waals surface area contributed by atoms with Crippen molar-refractivity contribution in [3.8, 4) is 5.75 Å². The minimum absolute atomic E-state index is 0.0228. The van der Waals surface area contributed by atoms with E-state index in [1.807, 2.05) is 13.0 Å². The molecule has 1 heterocycles. The smallest absolute Gasteiger partial charge is 0.216 e. The lowest BCUT2D eigenvalue weighted by Gasteiger charge is -2.03. The summed E-state index contributed by atoms with van der Waals surface area (Å²) in [6, 6.07) is 5.28. The first-order valence-electron chi connectivity index (χ1n) is 5.62. The van der Waals surface area contributed by atoms with E-state index in [1.165, 1.54) is 6.92 Å². The van der Waals surface area contributed by atoms with Crippen LogP contribution in [0.15, 0.2) is 18.2 Å². The van der Waals surface area contributed by atoms with Gasteiger partial charge in [-0.1, -0.05) is 0 Å². The summed E-state index contributed by atoms with van der Waals surface area (Å²) in [7, 11) is 0. The quantitative estimate of drug-likeness (QED) is 0.756. The molecule has 0 saturated heterocycles. The molecule has 0 aliphatic heterocycles. The molecular weight excluding hydrogens is 216 g/mol. The van der Waals surface area contributed by atoms with Gasteiger partial charge in [0, 0.05) is 30.1 Å². The lowest BCUT2D eigenvalue weighted by molar-refractivity contribution is -0.118. The van der Waals surface area contributed by atoms with Crippen LogP contribution in [0.25, 0.3) is 10.9 Å². The fourth-order valence-electron chi connectivity index (χ4n) is 2.06. The Labute approximate surface area is 99.7 Å². The number of carbonyl (C=O) groups excluding carboxylic acids is 1. The second-order valence-corrected chi connectivity index (χ2v) is 4.19. The number of hydrogen-bond donors (Lipinski definition) is 3. The van der Waals surface area contributed by atoms with Crippen molar-refractivity contribution in [2.24, 2.45) is 0 Å². The van der Waals surface area contributed by atoms with E-state index < -0.39 is 0 Å². The van der Waals surface area contributed by atoms with Gasteiger partial charge in [-0.3, -0.25) is 4.79 Å². The molecule has 4 nitrogen and oxygen atoms in total. The molecule has 0 unspecified atom stereocenters. The van der Waals surface area contributed by atoms with Crippen LogP contribution in [0.3, 0.4) is 0 Å². The monoisotopic (exact) mass is 232 g/mol. The Kier molecular flexibility index (Phi) is 3.04. The molecule has 90 valence electrons. The van der Waals surface area contributed by atoms with Crippen LogP contribution in [-0.4, -0.2) is 22.5 Å². The molecule has 0 radical (unpaired) electrons. The standard InChI is InChI=1S/C13H16N2O2/c1-8-11(5-6-14-9(2)16)12-7-10(17)3-4-13(12)15-8/h3-4,7,15,17H,5-6H2,1-2H3,(H,14,16). The molecule has 0 saturated carbocycles. The number of aryl methyl sites for hydroxylation is 1. The Hall–Kier alpha value is -1.97. The fraction of sp³-hybridized carbons (Fsp3) is 0.308. The second kappa shape index (κ2) is 4.49. The maximum atomic E-state index is 10.8. The minimum Gasteiger partial charge on any atom is -0.508 e. The second-order valence-electron chi connectivity index (χ2n) is 4.19. The Morgan fingerprint density at radius 3 is 2.94 bits per heavy atom. The van der Waals surface area contributed by atoms with Crippen LogP contribution in [0.1, 0.15) is 18.2 Å². The Balaban J connectivity index is 2.28. The third-order valence-corrected chi connectivity index (χ3v) is 2.85. The predicted molar refractivity (Wildman–Crippen MR) is 67.1 cm³/mol. The van der Waals surface area contributed by atoms with Gasteiger partial charge in [0.25, 0.3) is 0 Å². The molecule has 1 amide bonds. The van der Waals surface area contributed by atoms with Gasteiger partial charge in [0.2, 0.25) is 5.91 Å². The summed E-state index contributed by atoms with van der Waals surface area (Å²) < 4.78 is 0. The van der Waals surface area contributed by atoms with E-state index in [9.17, 15) is 9.90 Å². The summed E-state index contributed by atoms with van der Waals surface area (Å²) in [5.74, 6) is 0.239. The number of rotatable bonds is 3. The molecule has 3 N–H and O–H groups in total. The Bertz CT molecular complexity index is 558. The van der Waals surface area contributed by atoms with Gasteiger partial charge >= 0.3 is 0 Å². The molecular formula is C13H16N2O2. The van der Waals surface area contributed by atoms with E-state index in [2.05, 4.69) is 10.3 Å². The summed E-state index contributed by atoms with van der Waals surface area (Å²) in [4.78, 5) is 14.1. The van der Waals surface area contributed by atoms with Gasteiger partial charge in [-0.2, -0.15) is 0 Å². The number of carbonyl (C=O) groups is 1. The van der Waals surface area contributed by atoms with E-state index in [-0.39, 0.29) is 11.7 Å². The van der Waals surface area contributed by atoms with Crippen molar-refractivity contribution in [1.29, 1.82) is 0 Å². The number of phenolic OH excluding ortho intramolecular Hbond substituents is 1. The van der Waals surface area contributed by atoms with Crippen LogP contribution in [0.2, 0.25) is 0 Å². The summed E-state index contributed by atoms with van der Waals surface area (Å²) >= 11 is 0. The third kappa shape index (κ3) is 2.41. The Morgan fingerprint density at radius 1 is 1.47 bits per heavy atom. The van der Waals surface area contributed by atoms with E-state index in [0.717, 1.165) is 28.6 Å². The van der Waals surface area contributed by atoms with Crippen LogP contribution in [-0.2, 0) is 11.2 Å². The van der Waals surface area contributed by atoms with Gasteiger partial charge in [0.05, 0.1) is 0 Å². The number of phenols is 1. The molecule has 2 rings (SSSR count). The third-order valence-electron chi connectivity index (χ3n) is 2.85. The predicted octanol–water partition coefficient (Wildman–Crippen LogP) is 1.86. The number of aromatic hydroxyl groups is 1. The topological polar surface area (TPSA) is 65.1 Å². The van der Waals surface area contributed by atoms with Crippen LogP contribution in [0, 0.1) is 6.92 Å². The molecule has 4 heteroatoms. The zero-order chi connectivity index (χ0) is 12.4. The minimum atomic E-state index is -0.0228. The fourth-order valence-corrected chi connectivity index (χ4v) is 2.06. The van der Waals surface area contributed by atoms with Gasteiger partial charge in [0.1, 0.15) is 5.75 Å². The van der Waals surface area contributed by atoms with Crippen molar-refractivity contribution in [3.63, 3.8) is 0 Å². The van der Waals surface area contributed by atoms with Gasteiger partial charge in [-0.15, -0.1) is 0 Å². The van der Waals surface area contributed by atoms with E-state index in [0.29, 0.717) is 6.54 Å². The van der Waals surface area contributed by atoms with Crippen molar-refractivity contribution >= 4 is 16.8 Å². The first-order chi connectivity index (χ1) is 8.08. The van der Waals surface area contributed by atoms with Crippen LogP contribution in [0.4, 0.5) is 0 Å². The maximum Gasteiger partial charge on any atom is 0.216 e. The van der Waals surface area contributed by atoms with Crippen LogP contribution >= 0.6 is 0 Å². The number of fused-ring (bicyclic) bond motifs is 1. The first kappa shape index (κ1) is 11.5. The highest BCUT2D eigenvalue weighted by Gasteiger charge is 2.08. The lowest BCUT2D eigenvalue weighted by atomic mass is 10.1. The van der Waals surface area contributed by atoms with Gasteiger partial charge in [-0.25, -0.2) is 0 Å². The number of benzene rings is 1. The molecule has 1 aromatic heterocycles. The van der Waals surface area contributed by atoms with Crippen molar-refractivity contribution in [2.45, 2.75) is 20.3 Å². The SMILES string of the molecule is CC(=O)NCCc1c(C)[nH]c2ccc(O)cc12. The highest BCUT2D eigenvalue weighted by molar-refractivity contribution is 5.86. The number of amides is 1. The zero-order valence-electron chi connectivity index (χ0n) is 10.0. The zero-order valence-corrected chi connectivity index (χ0v) is 10.0. The van der Waals surface area contributed by atoms with E-state index in [4.69, 9.17) is 0 Å². The Morgan fingerprint density at radius 2 is 2.24 bits per heavy atom. The normalized spacial score (nSPS) is 10.7. The van der Waals surface area contributed by atoms with Gasteiger partial charge in [0.15, 0.2) is 0 Å². The number of H-pyrrole nitrogens is 1. The molecule has 0 bridgehead atoms. The average molecular weight is 232 g/mol. The maximum absolute atomic E-state index is 10.8. The molecule has 1 aromatic carbocycles. The van der Waals surface area contributed by atoms with Gasteiger partial charge in [-0.05, 0) is 37.1 Å². The molecule has 17 heavy (non-hydrogen) atoms.